The number of carbonyl (C=O) groups excluding carboxylic acids is 1. The summed E-state index contributed by atoms with van der Waals surface area (Å²) in [6.07, 6.45) is 1.46. The number of amides is 1. The zero-order chi connectivity index (χ0) is 22.7. The van der Waals surface area contributed by atoms with Crippen LogP contribution in [0.4, 0.5) is 15.8 Å². The number of hydrogen-bond acceptors (Lipinski definition) is 7. The van der Waals surface area contributed by atoms with Crippen molar-refractivity contribution in [2.24, 2.45) is 16.6 Å². The van der Waals surface area contributed by atoms with Gasteiger partial charge in [-0.2, -0.15) is 0 Å². The van der Waals surface area contributed by atoms with Gasteiger partial charge in [0.1, 0.15) is 21.3 Å². The van der Waals surface area contributed by atoms with Crippen LogP contribution in [0.5, 0.6) is 0 Å². The number of thiazole rings is 1. The number of nitrogens with two attached hydrogens (primary N) is 1. The lowest BCUT2D eigenvalue weighted by Gasteiger charge is -2.10. The molecule has 0 aliphatic carbocycles. The molecule has 31 heavy (non-hydrogen) atoms. The molecule has 2 aromatic heterocycles. The fraction of sp³-hybridized carbons (Fsp3) is 0.300. The van der Waals surface area contributed by atoms with Gasteiger partial charge in [-0.15, -0.1) is 0 Å². The Labute approximate surface area is 192 Å². The van der Waals surface area contributed by atoms with Gasteiger partial charge in [0, 0.05) is 6.54 Å². The Bertz CT molecular complexity index is 1170. The van der Waals surface area contributed by atoms with Crippen LogP contribution < -0.4 is 21.9 Å². The van der Waals surface area contributed by atoms with Gasteiger partial charge in [-0.1, -0.05) is 42.9 Å². The summed E-state index contributed by atoms with van der Waals surface area (Å²) in [6, 6.07) is 3.74. The molecule has 0 spiro atoms. The van der Waals surface area contributed by atoms with Crippen LogP contribution in [0.15, 0.2) is 28.1 Å². The van der Waals surface area contributed by atoms with Crippen LogP contribution in [0.2, 0.25) is 5.02 Å². The summed E-state index contributed by atoms with van der Waals surface area (Å²) in [5, 5.41) is 7.32. The van der Waals surface area contributed by atoms with E-state index in [4.69, 9.17) is 17.3 Å². The molecule has 0 aliphatic heterocycles. The third kappa shape index (κ3) is 5.52. The number of amidine groups is 1. The van der Waals surface area contributed by atoms with Crippen molar-refractivity contribution >= 4 is 62.0 Å². The molecule has 11 heteroatoms. The molecule has 0 saturated carbocycles. The third-order valence-corrected chi connectivity index (χ3v) is 6.21. The molecule has 0 aliphatic rings. The SMILES string of the molecule is Cc1cc(C)c(NC(=O)c2cnc(Nc3s[nH]c(=O)c3C(N)=NCC(C)C)s2)c(Cl)c1. The van der Waals surface area contributed by atoms with Gasteiger partial charge in [0.05, 0.1) is 16.9 Å². The van der Waals surface area contributed by atoms with E-state index in [1.807, 2.05) is 33.8 Å². The first kappa shape index (κ1) is 23.0. The molecule has 0 radical (unpaired) electrons. The van der Waals surface area contributed by atoms with Crippen molar-refractivity contribution in [2.45, 2.75) is 27.7 Å². The summed E-state index contributed by atoms with van der Waals surface area (Å²) in [4.78, 5) is 33.8. The van der Waals surface area contributed by atoms with Gasteiger partial charge in [0.15, 0.2) is 5.13 Å². The van der Waals surface area contributed by atoms with E-state index >= 15 is 0 Å². The topological polar surface area (TPSA) is 125 Å². The number of aromatic nitrogens is 2. The zero-order valence-electron chi connectivity index (χ0n) is 17.5. The highest BCUT2D eigenvalue weighted by molar-refractivity contribution is 7.18. The van der Waals surface area contributed by atoms with Crippen molar-refractivity contribution in [3.8, 4) is 0 Å². The Morgan fingerprint density at radius 2 is 2.10 bits per heavy atom. The van der Waals surface area contributed by atoms with E-state index in [1.165, 1.54) is 6.20 Å². The first-order valence-corrected chi connectivity index (χ1v) is 11.5. The number of carbonyl (C=O) groups is 1. The molecular formula is C20H23ClN6O2S2. The molecule has 1 aromatic carbocycles. The summed E-state index contributed by atoms with van der Waals surface area (Å²) < 4.78 is 2.65. The average molecular weight is 479 g/mol. The Morgan fingerprint density at radius 1 is 1.35 bits per heavy atom. The van der Waals surface area contributed by atoms with Crippen LogP contribution in [0.25, 0.3) is 0 Å². The molecule has 164 valence electrons. The van der Waals surface area contributed by atoms with Gasteiger partial charge in [0.2, 0.25) is 0 Å². The summed E-state index contributed by atoms with van der Waals surface area (Å²) in [5.74, 6) is 0.163. The largest absolute Gasteiger partial charge is 0.383 e. The zero-order valence-corrected chi connectivity index (χ0v) is 19.9. The Morgan fingerprint density at radius 3 is 2.77 bits per heavy atom. The van der Waals surface area contributed by atoms with E-state index < -0.39 is 0 Å². The maximum atomic E-state index is 12.7. The monoisotopic (exact) mass is 478 g/mol. The van der Waals surface area contributed by atoms with Crippen LogP contribution >= 0.6 is 34.5 Å². The molecule has 0 bridgehead atoms. The number of nitrogens with zero attached hydrogens (tertiary/aromatic N) is 2. The Hall–Kier alpha value is -2.69. The molecule has 8 nitrogen and oxygen atoms in total. The Balaban J connectivity index is 1.78. The summed E-state index contributed by atoms with van der Waals surface area (Å²) in [6.45, 7) is 8.37. The van der Waals surface area contributed by atoms with Gasteiger partial charge >= 0.3 is 0 Å². The fourth-order valence-corrected chi connectivity index (χ4v) is 4.66. The van der Waals surface area contributed by atoms with Gasteiger partial charge in [-0.05, 0) is 48.5 Å². The molecule has 0 saturated heterocycles. The van der Waals surface area contributed by atoms with Crippen molar-refractivity contribution in [3.05, 3.63) is 55.3 Å². The molecule has 3 rings (SSSR count). The fourth-order valence-electron chi connectivity index (χ4n) is 2.77. The number of aliphatic imine (C=N–C) groups is 1. The van der Waals surface area contributed by atoms with Crippen molar-refractivity contribution in [1.82, 2.24) is 9.36 Å². The predicted octanol–water partition coefficient (Wildman–Crippen LogP) is 4.52. The smallest absolute Gasteiger partial charge is 0.271 e. The van der Waals surface area contributed by atoms with E-state index in [1.54, 1.807) is 6.07 Å². The second-order valence-corrected chi connectivity index (χ2v) is 9.66. The molecule has 0 atom stereocenters. The van der Waals surface area contributed by atoms with Crippen LogP contribution in [-0.2, 0) is 0 Å². The second kappa shape index (κ2) is 9.63. The van der Waals surface area contributed by atoms with Crippen molar-refractivity contribution in [3.63, 3.8) is 0 Å². The number of benzene rings is 1. The first-order chi connectivity index (χ1) is 14.7. The standard InChI is InChI=1S/C20H23ClN6O2S2/c1-9(2)7-23-16(22)14-18(29)27-31-19(14)26-20-24-8-13(30-20)17(28)25-15-11(4)5-10(3)6-12(15)21/h5-6,8-9H,7H2,1-4H3,(H2,22,23)(H,24,26)(H,25,28)(H,27,29). The minimum atomic E-state index is -0.323. The van der Waals surface area contributed by atoms with Gasteiger partial charge in [0.25, 0.3) is 11.5 Å². The maximum Gasteiger partial charge on any atom is 0.271 e. The van der Waals surface area contributed by atoms with Crippen LogP contribution in [0.3, 0.4) is 0 Å². The van der Waals surface area contributed by atoms with Crippen molar-refractivity contribution in [1.29, 1.82) is 0 Å². The van der Waals surface area contributed by atoms with E-state index in [0.29, 0.717) is 38.2 Å². The third-order valence-electron chi connectivity index (χ3n) is 4.20. The van der Waals surface area contributed by atoms with Crippen molar-refractivity contribution < 1.29 is 4.79 Å². The van der Waals surface area contributed by atoms with E-state index in [9.17, 15) is 9.59 Å². The van der Waals surface area contributed by atoms with E-state index in [-0.39, 0.29) is 22.9 Å². The van der Waals surface area contributed by atoms with Crippen LogP contribution in [0, 0.1) is 19.8 Å². The van der Waals surface area contributed by atoms with Gasteiger partial charge < -0.3 is 16.4 Å². The number of aryl methyl sites for hydroxylation is 2. The Kier molecular flexibility index (Phi) is 7.14. The summed E-state index contributed by atoms with van der Waals surface area (Å²) >= 11 is 8.53. The van der Waals surface area contributed by atoms with Crippen LogP contribution in [0.1, 0.15) is 40.2 Å². The van der Waals surface area contributed by atoms with Crippen LogP contribution in [-0.4, -0.2) is 27.6 Å². The molecular weight excluding hydrogens is 456 g/mol. The van der Waals surface area contributed by atoms with Crippen molar-refractivity contribution in [2.75, 3.05) is 17.2 Å². The lowest BCUT2D eigenvalue weighted by atomic mass is 10.1. The molecule has 0 fully saturated rings. The number of anilines is 3. The number of nitrogens with one attached hydrogen (secondary N) is 3. The van der Waals surface area contributed by atoms with Gasteiger partial charge in [-0.25, -0.2) is 4.98 Å². The normalized spacial score (nSPS) is 11.7. The number of halogens is 1. The number of aromatic amines is 1. The number of rotatable bonds is 7. The van der Waals surface area contributed by atoms with E-state index in [2.05, 4.69) is 25.0 Å². The summed E-state index contributed by atoms with van der Waals surface area (Å²) in [7, 11) is 0. The average Bonchev–Trinajstić information content (AvgIpc) is 3.29. The second-order valence-electron chi connectivity index (χ2n) is 7.40. The lowest BCUT2D eigenvalue weighted by Crippen LogP contribution is -2.23. The minimum absolute atomic E-state index is 0.165. The molecule has 0 unspecified atom stereocenters. The van der Waals surface area contributed by atoms with E-state index in [0.717, 1.165) is 34.0 Å². The molecule has 2 heterocycles. The predicted molar refractivity (Wildman–Crippen MR) is 130 cm³/mol. The maximum absolute atomic E-state index is 12.7. The number of H-pyrrole nitrogens is 1. The molecule has 1 amide bonds. The quantitative estimate of drug-likeness (QED) is 0.293. The minimum Gasteiger partial charge on any atom is -0.383 e. The highest BCUT2D eigenvalue weighted by Gasteiger charge is 2.18. The molecule has 3 aromatic rings. The first-order valence-electron chi connectivity index (χ1n) is 9.48. The van der Waals surface area contributed by atoms with Gasteiger partial charge in [-0.3, -0.25) is 19.0 Å². The lowest BCUT2D eigenvalue weighted by molar-refractivity contribution is 0.103. The highest BCUT2D eigenvalue weighted by Crippen LogP contribution is 2.30. The summed E-state index contributed by atoms with van der Waals surface area (Å²) in [5.41, 5.74) is 8.43. The molecule has 5 N–H and O–H groups in total. The highest BCUT2D eigenvalue weighted by atomic mass is 35.5. The number of hydrogen-bond donors (Lipinski definition) is 4.